The molecule has 4 heteroatoms. The molecule has 0 aromatic carbocycles. The van der Waals surface area contributed by atoms with Crippen molar-refractivity contribution < 1.29 is 0 Å². The molecule has 0 unspecified atom stereocenters. The standard InChI is InChI=1S/C11H9N3S/c1-8-5-9(7-15-8)10-6-13-14-4-2-3-12-11(10)14/h2-7H,1H3. The molecule has 0 radical (unpaired) electrons. The van der Waals surface area contributed by atoms with Crippen LogP contribution in [0, 0.1) is 6.92 Å². The van der Waals surface area contributed by atoms with E-state index in [1.165, 1.54) is 10.4 Å². The average molecular weight is 215 g/mol. The first kappa shape index (κ1) is 8.61. The molecule has 3 rings (SSSR count). The minimum atomic E-state index is 0.912. The molecule has 0 spiro atoms. The highest BCUT2D eigenvalue weighted by atomic mass is 32.1. The Morgan fingerprint density at radius 3 is 3.13 bits per heavy atom. The van der Waals surface area contributed by atoms with Crippen molar-refractivity contribution in [3.05, 3.63) is 41.0 Å². The van der Waals surface area contributed by atoms with Gasteiger partial charge in [0.2, 0.25) is 0 Å². The first-order valence-corrected chi connectivity index (χ1v) is 5.56. The van der Waals surface area contributed by atoms with Crippen molar-refractivity contribution in [1.82, 2.24) is 14.6 Å². The molecule has 0 fully saturated rings. The molecule has 0 aliphatic heterocycles. The first-order valence-electron chi connectivity index (χ1n) is 4.68. The summed E-state index contributed by atoms with van der Waals surface area (Å²) in [5.41, 5.74) is 3.21. The Morgan fingerprint density at radius 1 is 1.40 bits per heavy atom. The molecule has 0 aliphatic rings. The van der Waals surface area contributed by atoms with Gasteiger partial charge in [-0.25, -0.2) is 9.50 Å². The van der Waals surface area contributed by atoms with Crippen LogP contribution in [0.5, 0.6) is 0 Å². The molecule has 74 valence electrons. The number of aryl methyl sites for hydroxylation is 1. The summed E-state index contributed by atoms with van der Waals surface area (Å²) < 4.78 is 1.79. The lowest BCUT2D eigenvalue weighted by Gasteiger charge is -1.93. The van der Waals surface area contributed by atoms with E-state index in [-0.39, 0.29) is 0 Å². The third kappa shape index (κ3) is 1.34. The zero-order valence-electron chi connectivity index (χ0n) is 8.21. The molecule has 0 N–H and O–H groups in total. The summed E-state index contributed by atoms with van der Waals surface area (Å²) in [5, 5.41) is 6.40. The summed E-state index contributed by atoms with van der Waals surface area (Å²) in [7, 11) is 0. The van der Waals surface area contributed by atoms with Crippen LogP contribution < -0.4 is 0 Å². The fraction of sp³-hybridized carbons (Fsp3) is 0.0909. The van der Waals surface area contributed by atoms with E-state index < -0.39 is 0 Å². The van der Waals surface area contributed by atoms with E-state index in [9.17, 15) is 0 Å². The van der Waals surface area contributed by atoms with E-state index in [4.69, 9.17) is 0 Å². The minimum Gasteiger partial charge on any atom is -0.236 e. The SMILES string of the molecule is Cc1cc(-c2cnn3cccnc23)cs1. The Labute approximate surface area is 91.0 Å². The van der Waals surface area contributed by atoms with Crippen molar-refractivity contribution in [2.24, 2.45) is 0 Å². The topological polar surface area (TPSA) is 30.2 Å². The molecule has 0 atom stereocenters. The highest BCUT2D eigenvalue weighted by Crippen LogP contribution is 2.27. The summed E-state index contributed by atoms with van der Waals surface area (Å²) in [6, 6.07) is 4.04. The fourth-order valence-corrected chi connectivity index (χ4v) is 2.32. The maximum atomic E-state index is 4.33. The van der Waals surface area contributed by atoms with Crippen molar-refractivity contribution >= 4 is 17.0 Å². The lowest BCUT2D eigenvalue weighted by Crippen LogP contribution is -1.87. The van der Waals surface area contributed by atoms with Gasteiger partial charge >= 0.3 is 0 Å². The first-order chi connectivity index (χ1) is 7.34. The molecular weight excluding hydrogens is 206 g/mol. The van der Waals surface area contributed by atoms with Crippen LogP contribution in [-0.4, -0.2) is 14.6 Å². The molecule has 15 heavy (non-hydrogen) atoms. The number of nitrogens with zero attached hydrogens (tertiary/aromatic N) is 3. The van der Waals surface area contributed by atoms with E-state index in [1.54, 1.807) is 22.0 Å². The summed E-state index contributed by atoms with van der Waals surface area (Å²) >= 11 is 1.75. The molecule has 0 saturated carbocycles. The second-order valence-electron chi connectivity index (χ2n) is 3.39. The molecular formula is C11H9N3S. The second kappa shape index (κ2) is 3.17. The van der Waals surface area contributed by atoms with Crippen molar-refractivity contribution in [2.75, 3.05) is 0 Å². The Morgan fingerprint density at radius 2 is 2.33 bits per heavy atom. The lowest BCUT2D eigenvalue weighted by molar-refractivity contribution is 0.939. The highest BCUT2D eigenvalue weighted by molar-refractivity contribution is 7.10. The quantitative estimate of drug-likeness (QED) is 0.624. The van der Waals surface area contributed by atoms with Crippen molar-refractivity contribution in [3.63, 3.8) is 0 Å². The maximum Gasteiger partial charge on any atom is 0.162 e. The zero-order valence-corrected chi connectivity index (χ0v) is 9.03. The Bertz CT molecular complexity index is 609. The Balaban J connectivity index is 2.27. The van der Waals surface area contributed by atoms with E-state index >= 15 is 0 Å². The third-order valence-electron chi connectivity index (χ3n) is 2.32. The normalized spacial score (nSPS) is 11.0. The van der Waals surface area contributed by atoms with Gasteiger partial charge in [-0.05, 0) is 30.0 Å². The fourth-order valence-electron chi connectivity index (χ4n) is 1.62. The van der Waals surface area contributed by atoms with Gasteiger partial charge in [-0.15, -0.1) is 11.3 Å². The van der Waals surface area contributed by atoms with Gasteiger partial charge in [-0.3, -0.25) is 0 Å². The Hall–Kier alpha value is -1.68. The summed E-state index contributed by atoms with van der Waals surface area (Å²) in [6.07, 6.45) is 5.56. The molecule has 3 nitrogen and oxygen atoms in total. The maximum absolute atomic E-state index is 4.33. The number of fused-ring (bicyclic) bond motifs is 1. The molecule has 0 bridgehead atoms. The third-order valence-corrected chi connectivity index (χ3v) is 3.18. The smallest absolute Gasteiger partial charge is 0.162 e. The zero-order chi connectivity index (χ0) is 10.3. The van der Waals surface area contributed by atoms with Crippen LogP contribution in [0.4, 0.5) is 0 Å². The molecule has 3 aromatic heterocycles. The number of hydrogen-bond donors (Lipinski definition) is 0. The molecule has 0 saturated heterocycles. The van der Waals surface area contributed by atoms with Crippen LogP contribution in [0.3, 0.4) is 0 Å². The van der Waals surface area contributed by atoms with Gasteiger partial charge in [-0.2, -0.15) is 5.10 Å². The van der Waals surface area contributed by atoms with Gasteiger partial charge in [-0.1, -0.05) is 0 Å². The van der Waals surface area contributed by atoms with Gasteiger partial charge < -0.3 is 0 Å². The van der Waals surface area contributed by atoms with E-state index in [0.29, 0.717) is 0 Å². The van der Waals surface area contributed by atoms with Crippen LogP contribution in [0.1, 0.15) is 4.88 Å². The monoisotopic (exact) mass is 215 g/mol. The van der Waals surface area contributed by atoms with Crippen LogP contribution in [0.15, 0.2) is 36.1 Å². The average Bonchev–Trinajstić information content (AvgIpc) is 2.83. The second-order valence-corrected chi connectivity index (χ2v) is 4.51. The number of hydrogen-bond acceptors (Lipinski definition) is 3. The van der Waals surface area contributed by atoms with Crippen LogP contribution in [0.25, 0.3) is 16.8 Å². The predicted molar refractivity (Wildman–Crippen MR) is 61.0 cm³/mol. The molecule has 3 aromatic rings. The molecule has 3 heterocycles. The minimum absolute atomic E-state index is 0.912. The summed E-state index contributed by atoms with van der Waals surface area (Å²) in [6.45, 7) is 2.10. The molecule has 0 amide bonds. The van der Waals surface area contributed by atoms with Crippen molar-refractivity contribution in [2.45, 2.75) is 6.92 Å². The number of rotatable bonds is 1. The van der Waals surface area contributed by atoms with E-state index in [0.717, 1.165) is 11.2 Å². The highest BCUT2D eigenvalue weighted by Gasteiger charge is 2.07. The van der Waals surface area contributed by atoms with Crippen molar-refractivity contribution in [3.8, 4) is 11.1 Å². The van der Waals surface area contributed by atoms with Gasteiger partial charge in [0.15, 0.2) is 5.65 Å². The molecule has 0 aliphatic carbocycles. The van der Waals surface area contributed by atoms with Gasteiger partial charge in [0.05, 0.1) is 6.20 Å². The summed E-state index contributed by atoms with van der Waals surface area (Å²) in [4.78, 5) is 5.64. The van der Waals surface area contributed by atoms with Gasteiger partial charge in [0.1, 0.15) is 0 Å². The summed E-state index contributed by atoms with van der Waals surface area (Å²) in [5.74, 6) is 0. The van der Waals surface area contributed by atoms with E-state index in [1.807, 2.05) is 18.5 Å². The number of thiophene rings is 1. The van der Waals surface area contributed by atoms with Crippen LogP contribution in [-0.2, 0) is 0 Å². The Kier molecular flexibility index (Phi) is 1.82. The largest absolute Gasteiger partial charge is 0.236 e. The van der Waals surface area contributed by atoms with Crippen molar-refractivity contribution in [1.29, 1.82) is 0 Å². The predicted octanol–water partition coefficient (Wildman–Crippen LogP) is 2.77. The van der Waals surface area contributed by atoms with E-state index in [2.05, 4.69) is 28.5 Å². The van der Waals surface area contributed by atoms with Crippen LogP contribution >= 0.6 is 11.3 Å². The van der Waals surface area contributed by atoms with Gasteiger partial charge in [0.25, 0.3) is 0 Å². The van der Waals surface area contributed by atoms with Crippen LogP contribution in [0.2, 0.25) is 0 Å². The number of aromatic nitrogens is 3. The van der Waals surface area contributed by atoms with Gasteiger partial charge in [0, 0.05) is 22.8 Å². The lowest BCUT2D eigenvalue weighted by atomic mass is 10.2.